The maximum atomic E-state index is 8.99. The molecule has 0 spiro atoms. The van der Waals surface area contributed by atoms with Gasteiger partial charge in [-0.3, -0.25) is 0 Å². The average Bonchev–Trinajstić information content (AvgIpc) is 2.03. The second kappa shape index (κ2) is 4.12. The van der Waals surface area contributed by atoms with Crippen molar-refractivity contribution in [2.45, 2.75) is 26.6 Å². The zero-order valence-corrected chi connectivity index (χ0v) is 7.45. The van der Waals surface area contributed by atoms with Gasteiger partial charge >= 0.3 is 0 Å². The molecule has 0 amide bonds. The molecule has 0 aliphatic heterocycles. The molecule has 66 valence electrons. The molecule has 0 fully saturated rings. The molecule has 1 N–H and O–H groups in total. The fourth-order valence-corrected chi connectivity index (χ4v) is 0.855. The first-order chi connectivity index (χ1) is 5.68. The van der Waals surface area contributed by atoms with Crippen molar-refractivity contribution < 1.29 is 9.84 Å². The number of aromatic hydroxyl groups is 1. The number of phenolic OH excluding ortho intramolecular Hbond substituents is 1. The number of rotatable bonds is 3. The van der Waals surface area contributed by atoms with E-state index in [9.17, 15) is 0 Å². The van der Waals surface area contributed by atoms with E-state index in [1.807, 2.05) is 26.0 Å². The molecule has 0 bridgehead atoms. The van der Waals surface area contributed by atoms with Crippen LogP contribution in [0.2, 0.25) is 0 Å². The van der Waals surface area contributed by atoms with Crippen molar-refractivity contribution in [3.63, 3.8) is 0 Å². The van der Waals surface area contributed by atoms with E-state index in [0.717, 1.165) is 5.56 Å². The molecule has 1 rings (SSSR count). The van der Waals surface area contributed by atoms with Crippen LogP contribution in [0, 0.1) is 0 Å². The van der Waals surface area contributed by atoms with E-state index in [1.165, 1.54) is 0 Å². The van der Waals surface area contributed by atoms with E-state index >= 15 is 0 Å². The third-order valence-corrected chi connectivity index (χ3v) is 1.52. The molecule has 0 atom stereocenters. The van der Waals surface area contributed by atoms with Crippen LogP contribution >= 0.6 is 0 Å². The molecule has 2 heteroatoms. The molecule has 1 aromatic carbocycles. The summed E-state index contributed by atoms with van der Waals surface area (Å²) in [4.78, 5) is 0. The first-order valence-corrected chi connectivity index (χ1v) is 4.08. The lowest BCUT2D eigenvalue weighted by molar-refractivity contribution is 0.0657. The van der Waals surface area contributed by atoms with Crippen molar-refractivity contribution >= 4 is 0 Å². The Labute approximate surface area is 72.8 Å². The SMILES string of the molecule is CC(C)OCc1ccc(O)cc1. The van der Waals surface area contributed by atoms with E-state index in [0.29, 0.717) is 12.4 Å². The lowest BCUT2D eigenvalue weighted by Crippen LogP contribution is -2.01. The van der Waals surface area contributed by atoms with E-state index < -0.39 is 0 Å². The third-order valence-electron chi connectivity index (χ3n) is 1.52. The number of hydrogen-bond donors (Lipinski definition) is 1. The second-order valence-corrected chi connectivity index (χ2v) is 3.03. The summed E-state index contributed by atoms with van der Waals surface area (Å²) in [6.07, 6.45) is 0.249. The van der Waals surface area contributed by atoms with Crippen LogP contribution in [0.15, 0.2) is 24.3 Å². The summed E-state index contributed by atoms with van der Waals surface area (Å²) >= 11 is 0. The maximum absolute atomic E-state index is 8.99. The van der Waals surface area contributed by atoms with Gasteiger partial charge in [-0.05, 0) is 31.5 Å². The third kappa shape index (κ3) is 2.93. The molecule has 2 nitrogen and oxygen atoms in total. The smallest absolute Gasteiger partial charge is 0.115 e. The normalized spacial score (nSPS) is 10.6. The van der Waals surface area contributed by atoms with Gasteiger partial charge in [0.2, 0.25) is 0 Å². The largest absolute Gasteiger partial charge is 0.508 e. The molecule has 0 heterocycles. The summed E-state index contributed by atoms with van der Waals surface area (Å²) in [5.41, 5.74) is 1.08. The zero-order chi connectivity index (χ0) is 8.97. The van der Waals surface area contributed by atoms with Gasteiger partial charge in [-0.15, -0.1) is 0 Å². The molecular formula is C10H14O2. The fourth-order valence-electron chi connectivity index (χ4n) is 0.855. The Kier molecular flexibility index (Phi) is 3.11. The van der Waals surface area contributed by atoms with Crippen LogP contribution in [0.1, 0.15) is 19.4 Å². The van der Waals surface area contributed by atoms with Crippen LogP contribution in [-0.4, -0.2) is 11.2 Å². The van der Waals surface area contributed by atoms with Crippen molar-refractivity contribution in [2.75, 3.05) is 0 Å². The molecule has 0 saturated carbocycles. The molecule has 12 heavy (non-hydrogen) atoms. The lowest BCUT2D eigenvalue weighted by Gasteiger charge is -2.06. The topological polar surface area (TPSA) is 29.5 Å². The Morgan fingerprint density at radius 2 is 1.83 bits per heavy atom. The van der Waals surface area contributed by atoms with Gasteiger partial charge in [-0.25, -0.2) is 0 Å². The van der Waals surface area contributed by atoms with E-state index in [4.69, 9.17) is 9.84 Å². The van der Waals surface area contributed by atoms with Gasteiger partial charge in [0.1, 0.15) is 5.75 Å². The molecule has 0 radical (unpaired) electrons. The van der Waals surface area contributed by atoms with Gasteiger partial charge < -0.3 is 9.84 Å². The number of ether oxygens (including phenoxy) is 1. The highest BCUT2D eigenvalue weighted by molar-refractivity contribution is 5.25. The quantitative estimate of drug-likeness (QED) is 0.746. The summed E-state index contributed by atoms with van der Waals surface area (Å²) in [5.74, 6) is 0.295. The van der Waals surface area contributed by atoms with E-state index in [2.05, 4.69) is 0 Å². The summed E-state index contributed by atoms with van der Waals surface area (Å²) in [6.45, 7) is 4.61. The Morgan fingerprint density at radius 1 is 1.25 bits per heavy atom. The number of phenols is 1. The van der Waals surface area contributed by atoms with Crippen LogP contribution in [0.25, 0.3) is 0 Å². The highest BCUT2D eigenvalue weighted by atomic mass is 16.5. The van der Waals surface area contributed by atoms with Gasteiger partial charge in [-0.1, -0.05) is 12.1 Å². The summed E-state index contributed by atoms with van der Waals surface area (Å²) in [6, 6.07) is 7.05. The van der Waals surface area contributed by atoms with Gasteiger partial charge in [0, 0.05) is 0 Å². The monoisotopic (exact) mass is 166 g/mol. The Bertz CT molecular complexity index is 226. The van der Waals surface area contributed by atoms with Crippen molar-refractivity contribution in [1.82, 2.24) is 0 Å². The molecular weight excluding hydrogens is 152 g/mol. The number of hydrogen-bond acceptors (Lipinski definition) is 2. The van der Waals surface area contributed by atoms with Gasteiger partial charge in [0.25, 0.3) is 0 Å². The van der Waals surface area contributed by atoms with Crippen molar-refractivity contribution in [1.29, 1.82) is 0 Å². The van der Waals surface area contributed by atoms with Crippen LogP contribution in [0.5, 0.6) is 5.75 Å². The summed E-state index contributed by atoms with van der Waals surface area (Å²) in [7, 11) is 0. The Hall–Kier alpha value is -1.02. The maximum Gasteiger partial charge on any atom is 0.115 e. The van der Waals surface area contributed by atoms with Crippen LogP contribution in [0.3, 0.4) is 0 Å². The molecule has 0 aliphatic rings. The van der Waals surface area contributed by atoms with E-state index in [1.54, 1.807) is 12.1 Å². The molecule has 0 aromatic heterocycles. The summed E-state index contributed by atoms with van der Waals surface area (Å²) in [5, 5.41) is 8.99. The second-order valence-electron chi connectivity index (χ2n) is 3.03. The van der Waals surface area contributed by atoms with Gasteiger partial charge in [0.05, 0.1) is 12.7 Å². The van der Waals surface area contributed by atoms with Gasteiger partial charge in [-0.2, -0.15) is 0 Å². The highest BCUT2D eigenvalue weighted by Crippen LogP contribution is 2.10. The molecule has 0 saturated heterocycles. The van der Waals surface area contributed by atoms with Crippen molar-refractivity contribution in [3.8, 4) is 5.75 Å². The Morgan fingerprint density at radius 3 is 2.33 bits per heavy atom. The first-order valence-electron chi connectivity index (χ1n) is 4.08. The lowest BCUT2D eigenvalue weighted by atomic mass is 10.2. The minimum Gasteiger partial charge on any atom is -0.508 e. The van der Waals surface area contributed by atoms with Crippen molar-refractivity contribution in [3.05, 3.63) is 29.8 Å². The molecule has 1 aromatic rings. The van der Waals surface area contributed by atoms with Crippen LogP contribution in [-0.2, 0) is 11.3 Å². The standard InChI is InChI=1S/C10H14O2/c1-8(2)12-7-9-3-5-10(11)6-4-9/h3-6,8,11H,7H2,1-2H3. The molecule has 0 aliphatic carbocycles. The minimum absolute atomic E-state index is 0.249. The fraction of sp³-hybridized carbons (Fsp3) is 0.400. The van der Waals surface area contributed by atoms with Crippen LogP contribution < -0.4 is 0 Å². The minimum atomic E-state index is 0.249. The predicted octanol–water partition coefficient (Wildman–Crippen LogP) is 2.32. The zero-order valence-electron chi connectivity index (χ0n) is 7.45. The first kappa shape index (κ1) is 9.07. The van der Waals surface area contributed by atoms with E-state index in [-0.39, 0.29) is 6.10 Å². The van der Waals surface area contributed by atoms with Crippen LogP contribution in [0.4, 0.5) is 0 Å². The Balaban J connectivity index is 2.48. The van der Waals surface area contributed by atoms with Gasteiger partial charge in [0.15, 0.2) is 0 Å². The highest BCUT2D eigenvalue weighted by Gasteiger charge is 1.95. The predicted molar refractivity (Wildman–Crippen MR) is 48.0 cm³/mol. The molecule has 0 unspecified atom stereocenters. The average molecular weight is 166 g/mol. The summed E-state index contributed by atoms with van der Waals surface area (Å²) < 4.78 is 5.39. The van der Waals surface area contributed by atoms with Crippen molar-refractivity contribution in [2.24, 2.45) is 0 Å². The number of benzene rings is 1.